The topological polar surface area (TPSA) is 66.5 Å². The molecule has 0 unspecified atom stereocenters. The van der Waals surface area contributed by atoms with Gasteiger partial charge in [-0.1, -0.05) is 13.8 Å². The van der Waals surface area contributed by atoms with Crippen molar-refractivity contribution in [2.75, 3.05) is 11.9 Å². The number of nitrogens with zero attached hydrogens (tertiary/aromatic N) is 3. The summed E-state index contributed by atoms with van der Waals surface area (Å²) < 4.78 is 0. The highest BCUT2D eigenvalue weighted by atomic mass is 35.5. The second-order valence-electron chi connectivity index (χ2n) is 3.72. The number of H-pyrrole nitrogens is 1. The van der Waals surface area contributed by atoms with Gasteiger partial charge in [0.25, 0.3) is 0 Å². The van der Waals surface area contributed by atoms with E-state index in [1.54, 1.807) is 6.33 Å². The van der Waals surface area contributed by atoms with E-state index >= 15 is 0 Å². The van der Waals surface area contributed by atoms with Gasteiger partial charge in [0.05, 0.1) is 6.33 Å². The molecule has 0 radical (unpaired) electrons. The van der Waals surface area contributed by atoms with Gasteiger partial charge in [0.2, 0.25) is 0 Å². The Kier molecular flexibility index (Phi) is 4.06. The number of imidazole rings is 1. The molecule has 2 rings (SSSR count). The molecular formula is C10H16ClN5. The number of aromatic nitrogens is 4. The molecule has 0 bridgehead atoms. The van der Waals surface area contributed by atoms with Crippen LogP contribution in [-0.2, 0) is 0 Å². The lowest BCUT2D eigenvalue weighted by atomic mass is 10.2. The van der Waals surface area contributed by atoms with Crippen LogP contribution in [0.3, 0.4) is 0 Å². The number of hydrogen-bond donors (Lipinski definition) is 2. The fourth-order valence-corrected chi connectivity index (χ4v) is 1.40. The summed E-state index contributed by atoms with van der Waals surface area (Å²) in [7, 11) is 0. The number of anilines is 1. The molecule has 0 aliphatic heterocycles. The van der Waals surface area contributed by atoms with Crippen molar-refractivity contribution in [1.82, 2.24) is 19.9 Å². The predicted molar refractivity (Wildman–Crippen MR) is 67.2 cm³/mol. The number of rotatable bonds is 3. The van der Waals surface area contributed by atoms with Crippen LogP contribution in [0.4, 0.5) is 5.82 Å². The average Bonchev–Trinajstić information content (AvgIpc) is 2.65. The van der Waals surface area contributed by atoms with Crippen molar-refractivity contribution in [2.45, 2.75) is 26.7 Å². The van der Waals surface area contributed by atoms with Crippen molar-refractivity contribution in [3.63, 3.8) is 0 Å². The van der Waals surface area contributed by atoms with Crippen LogP contribution in [0.2, 0.25) is 0 Å². The number of hydrogen-bond acceptors (Lipinski definition) is 4. The van der Waals surface area contributed by atoms with E-state index < -0.39 is 0 Å². The second kappa shape index (κ2) is 5.12. The van der Waals surface area contributed by atoms with Gasteiger partial charge in [0, 0.05) is 12.5 Å². The minimum absolute atomic E-state index is 0. The third-order valence-electron chi connectivity index (χ3n) is 2.16. The minimum Gasteiger partial charge on any atom is -0.368 e. The fourth-order valence-electron chi connectivity index (χ4n) is 1.40. The maximum absolute atomic E-state index is 4.47. The molecule has 88 valence electrons. The summed E-state index contributed by atoms with van der Waals surface area (Å²) in [5, 5.41) is 3.21. The standard InChI is InChI=1S/C10H15N5.ClH/c1-4-11-9-7-10(13-5-12-7)15-8(14-9)6(2)3;/h5-6H,4H2,1-3H3,(H2,11,12,13,14,15);1H. The van der Waals surface area contributed by atoms with Crippen molar-refractivity contribution in [2.24, 2.45) is 0 Å². The minimum atomic E-state index is 0. The Morgan fingerprint density at radius 1 is 1.38 bits per heavy atom. The SMILES string of the molecule is CCNc1nc(C(C)C)nc2nc[nH]c12.Cl. The van der Waals surface area contributed by atoms with Gasteiger partial charge in [-0.2, -0.15) is 0 Å². The number of aromatic amines is 1. The molecule has 0 aliphatic rings. The van der Waals surface area contributed by atoms with Crippen LogP contribution in [0.15, 0.2) is 6.33 Å². The Balaban J connectivity index is 0.00000128. The van der Waals surface area contributed by atoms with Crippen molar-refractivity contribution >= 4 is 29.4 Å². The molecular weight excluding hydrogens is 226 g/mol. The maximum Gasteiger partial charge on any atom is 0.183 e. The van der Waals surface area contributed by atoms with E-state index in [1.165, 1.54) is 0 Å². The molecule has 2 heterocycles. The van der Waals surface area contributed by atoms with Crippen molar-refractivity contribution in [1.29, 1.82) is 0 Å². The maximum atomic E-state index is 4.47. The normalized spacial score (nSPS) is 10.5. The number of halogens is 1. The molecule has 0 saturated carbocycles. The van der Waals surface area contributed by atoms with Gasteiger partial charge in [-0.05, 0) is 6.92 Å². The summed E-state index contributed by atoms with van der Waals surface area (Å²) in [5.41, 5.74) is 1.60. The summed E-state index contributed by atoms with van der Waals surface area (Å²) >= 11 is 0. The molecule has 2 aromatic rings. The third kappa shape index (κ3) is 2.24. The Hall–Kier alpha value is -1.36. The molecule has 0 atom stereocenters. The molecule has 5 nitrogen and oxygen atoms in total. The molecule has 2 N–H and O–H groups in total. The zero-order valence-electron chi connectivity index (χ0n) is 9.61. The van der Waals surface area contributed by atoms with E-state index in [4.69, 9.17) is 0 Å². The predicted octanol–water partition coefficient (Wildman–Crippen LogP) is 2.33. The molecule has 0 fully saturated rings. The van der Waals surface area contributed by atoms with Crippen LogP contribution in [0, 0.1) is 0 Å². The zero-order chi connectivity index (χ0) is 10.8. The average molecular weight is 242 g/mol. The summed E-state index contributed by atoms with van der Waals surface area (Å²) in [6, 6.07) is 0. The molecule has 6 heteroatoms. The van der Waals surface area contributed by atoms with Crippen LogP contribution in [-0.4, -0.2) is 26.5 Å². The van der Waals surface area contributed by atoms with Gasteiger partial charge < -0.3 is 10.3 Å². The Labute approximate surface area is 101 Å². The molecule has 0 spiro atoms. The first-order valence-electron chi connectivity index (χ1n) is 5.17. The largest absolute Gasteiger partial charge is 0.368 e. The molecule has 0 saturated heterocycles. The lowest BCUT2D eigenvalue weighted by Gasteiger charge is -2.07. The van der Waals surface area contributed by atoms with Gasteiger partial charge in [-0.3, -0.25) is 0 Å². The van der Waals surface area contributed by atoms with Crippen LogP contribution in [0.1, 0.15) is 32.5 Å². The van der Waals surface area contributed by atoms with E-state index in [0.29, 0.717) is 5.92 Å². The molecule has 0 aromatic carbocycles. The number of fused-ring (bicyclic) bond motifs is 1. The van der Waals surface area contributed by atoms with E-state index in [0.717, 1.165) is 29.4 Å². The van der Waals surface area contributed by atoms with Crippen molar-refractivity contribution in [3.05, 3.63) is 12.2 Å². The summed E-state index contributed by atoms with van der Waals surface area (Å²) in [6.45, 7) is 7.02. The van der Waals surface area contributed by atoms with E-state index in [1.807, 2.05) is 6.92 Å². The Bertz CT molecular complexity index is 465. The van der Waals surface area contributed by atoms with Gasteiger partial charge in [0.15, 0.2) is 11.5 Å². The second-order valence-corrected chi connectivity index (χ2v) is 3.72. The van der Waals surface area contributed by atoms with E-state index in [9.17, 15) is 0 Å². The van der Waals surface area contributed by atoms with Crippen molar-refractivity contribution < 1.29 is 0 Å². The Morgan fingerprint density at radius 2 is 2.12 bits per heavy atom. The number of nitrogens with one attached hydrogen (secondary N) is 2. The molecule has 2 aromatic heterocycles. The highest BCUT2D eigenvalue weighted by molar-refractivity contribution is 5.85. The van der Waals surface area contributed by atoms with Gasteiger partial charge in [0.1, 0.15) is 11.3 Å². The first-order valence-corrected chi connectivity index (χ1v) is 5.17. The molecule has 16 heavy (non-hydrogen) atoms. The fraction of sp³-hybridized carbons (Fsp3) is 0.500. The monoisotopic (exact) mass is 241 g/mol. The van der Waals surface area contributed by atoms with Crippen LogP contribution >= 0.6 is 12.4 Å². The lowest BCUT2D eigenvalue weighted by Crippen LogP contribution is -2.05. The Morgan fingerprint density at radius 3 is 2.75 bits per heavy atom. The summed E-state index contributed by atoms with van der Waals surface area (Å²) in [6.07, 6.45) is 1.64. The first-order chi connectivity index (χ1) is 7.22. The van der Waals surface area contributed by atoms with Crippen LogP contribution in [0.5, 0.6) is 0 Å². The summed E-state index contributed by atoms with van der Waals surface area (Å²) in [4.78, 5) is 16.1. The molecule has 0 aliphatic carbocycles. The first kappa shape index (κ1) is 12.7. The lowest BCUT2D eigenvalue weighted by molar-refractivity contribution is 0.782. The van der Waals surface area contributed by atoms with Crippen molar-refractivity contribution in [3.8, 4) is 0 Å². The van der Waals surface area contributed by atoms with Gasteiger partial charge in [-0.25, -0.2) is 15.0 Å². The zero-order valence-corrected chi connectivity index (χ0v) is 10.4. The quantitative estimate of drug-likeness (QED) is 0.866. The molecule has 0 amide bonds. The highest BCUT2D eigenvalue weighted by Crippen LogP contribution is 2.19. The highest BCUT2D eigenvalue weighted by Gasteiger charge is 2.10. The van der Waals surface area contributed by atoms with Crippen LogP contribution in [0.25, 0.3) is 11.2 Å². The van der Waals surface area contributed by atoms with Gasteiger partial charge >= 0.3 is 0 Å². The van der Waals surface area contributed by atoms with Crippen LogP contribution < -0.4 is 5.32 Å². The van der Waals surface area contributed by atoms with E-state index in [2.05, 4.69) is 39.1 Å². The third-order valence-corrected chi connectivity index (χ3v) is 2.16. The summed E-state index contributed by atoms with van der Waals surface area (Å²) in [5.74, 6) is 1.97. The smallest absolute Gasteiger partial charge is 0.183 e. The van der Waals surface area contributed by atoms with E-state index in [-0.39, 0.29) is 12.4 Å². The van der Waals surface area contributed by atoms with Gasteiger partial charge in [-0.15, -0.1) is 12.4 Å².